The summed E-state index contributed by atoms with van der Waals surface area (Å²) in [5.41, 5.74) is 7.55. The standard InChI is InChI=1S/C23H26ClFN6O3/c1-12-18(20(32)22(34)29-23(7-8-23)17(26)11-30(2)27)16-4-3-9-31(16)19(12)21(33)28-13-5-6-15(25)14(24)10-13/h5-6,10-11H,3-4,7-9,26-27H2,1-2H3,(H,28,33)(H,29,34)/b17-11-. The van der Waals surface area contributed by atoms with Crippen LogP contribution in [0.25, 0.3) is 0 Å². The van der Waals surface area contributed by atoms with Crippen LogP contribution in [0.5, 0.6) is 0 Å². The quantitative estimate of drug-likeness (QED) is 0.204. The summed E-state index contributed by atoms with van der Waals surface area (Å²) < 4.78 is 15.2. The van der Waals surface area contributed by atoms with E-state index in [1.54, 1.807) is 18.5 Å². The number of hydrogen-bond acceptors (Lipinski definition) is 6. The summed E-state index contributed by atoms with van der Waals surface area (Å²) >= 11 is 5.81. The number of nitrogens with zero attached hydrogens (tertiary/aromatic N) is 2. The van der Waals surface area contributed by atoms with Gasteiger partial charge < -0.3 is 25.9 Å². The van der Waals surface area contributed by atoms with E-state index in [1.165, 1.54) is 23.3 Å². The van der Waals surface area contributed by atoms with Gasteiger partial charge in [0.15, 0.2) is 0 Å². The van der Waals surface area contributed by atoms with Gasteiger partial charge in [-0.05, 0) is 56.4 Å². The van der Waals surface area contributed by atoms with Crippen molar-refractivity contribution in [2.75, 3.05) is 12.4 Å². The number of aromatic nitrogens is 1. The van der Waals surface area contributed by atoms with E-state index in [2.05, 4.69) is 10.6 Å². The minimum Gasteiger partial charge on any atom is -0.399 e. The minimum absolute atomic E-state index is 0.120. The molecule has 1 fully saturated rings. The van der Waals surface area contributed by atoms with Gasteiger partial charge in [0.05, 0.1) is 21.8 Å². The molecule has 34 heavy (non-hydrogen) atoms. The van der Waals surface area contributed by atoms with E-state index >= 15 is 0 Å². The van der Waals surface area contributed by atoms with Crippen molar-refractivity contribution in [2.45, 2.75) is 44.7 Å². The number of Topliss-reactive ketones (excluding diaryl/α,β-unsaturated/α-hetero) is 1. The first-order valence-corrected chi connectivity index (χ1v) is 11.2. The van der Waals surface area contributed by atoms with Crippen LogP contribution in [0.3, 0.4) is 0 Å². The number of halogens is 2. The van der Waals surface area contributed by atoms with Crippen molar-refractivity contribution in [1.82, 2.24) is 14.9 Å². The first-order chi connectivity index (χ1) is 16.0. The lowest BCUT2D eigenvalue weighted by atomic mass is 10.0. The second-order valence-electron chi connectivity index (χ2n) is 8.75. The van der Waals surface area contributed by atoms with Crippen molar-refractivity contribution in [3.8, 4) is 0 Å². The van der Waals surface area contributed by atoms with Crippen LogP contribution in [0.1, 0.15) is 51.4 Å². The fraction of sp³-hybridized carbons (Fsp3) is 0.348. The topological polar surface area (TPSA) is 135 Å². The molecule has 180 valence electrons. The van der Waals surface area contributed by atoms with Crippen LogP contribution in [0.4, 0.5) is 10.1 Å². The number of carbonyl (C=O) groups excluding carboxylic acids is 3. The van der Waals surface area contributed by atoms with E-state index in [9.17, 15) is 18.8 Å². The normalized spacial score (nSPS) is 16.1. The fourth-order valence-electron chi connectivity index (χ4n) is 4.42. The zero-order valence-electron chi connectivity index (χ0n) is 18.9. The Labute approximate surface area is 200 Å². The molecule has 0 unspecified atom stereocenters. The zero-order valence-corrected chi connectivity index (χ0v) is 19.6. The summed E-state index contributed by atoms with van der Waals surface area (Å²) in [4.78, 5) is 39.3. The van der Waals surface area contributed by atoms with Crippen LogP contribution >= 0.6 is 11.6 Å². The van der Waals surface area contributed by atoms with E-state index < -0.39 is 29.0 Å². The molecule has 0 saturated heterocycles. The van der Waals surface area contributed by atoms with Crippen molar-refractivity contribution in [3.05, 3.63) is 63.5 Å². The number of rotatable bonds is 7. The van der Waals surface area contributed by atoms with Crippen molar-refractivity contribution >= 4 is 34.9 Å². The third-order valence-electron chi connectivity index (χ3n) is 6.23. The molecule has 6 N–H and O–H groups in total. The molecule has 1 aromatic carbocycles. The molecule has 2 aromatic rings. The first kappa shape index (κ1) is 23.8. The predicted molar refractivity (Wildman–Crippen MR) is 126 cm³/mol. The van der Waals surface area contributed by atoms with Gasteiger partial charge in [0.2, 0.25) is 0 Å². The average Bonchev–Trinajstić information content (AvgIpc) is 3.30. The van der Waals surface area contributed by atoms with Crippen LogP contribution in [-0.2, 0) is 17.8 Å². The maximum atomic E-state index is 13.5. The first-order valence-electron chi connectivity index (χ1n) is 10.8. The van der Waals surface area contributed by atoms with E-state index in [0.717, 1.165) is 12.5 Å². The summed E-state index contributed by atoms with van der Waals surface area (Å²) in [6.07, 6.45) is 4.01. The van der Waals surface area contributed by atoms with Crippen molar-refractivity contribution < 1.29 is 18.8 Å². The maximum absolute atomic E-state index is 13.5. The third-order valence-corrected chi connectivity index (χ3v) is 6.52. The maximum Gasteiger partial charge on any atom is 0.293 e. The number of amides is 2. The van der Waals surface area contributed by atoms with E-state index in [4.69, 9.17) is 23.2 Å². The summed E-state index contributed by atoms with van der Waals surface area (Å²) in [6.45, 7) is 2.18. The summed E-state index contributed by atoms with van der Waals surface area (Å²) in [6, 6.07) is 3.86. The molecule has 1 aromatic heterocycles. The van der Waals surface area contributed by atoms with Crippen LogP contribution in [0.2, 0.25) is 5.02 Å². The third kappa shape index (κ3) is 4.26. The molecule has 1 saturated carbocycles. The van der Waals surface area contributed by atoms with Gasteiger partial charge >= 0.3 is 0 Å². The number of carbonyl (C=O) groups is 3. The molecular weight excluding hydrogens is 463 g/mol. The van der Waals surface area contributed by atoms with Gasteiger partial charge in [-0.3, -0.25) is 14.4 Å². The van der Waals surface area contributed by atoms with Crippen LogP contribution in [0.15, 0.2) is 30.1 Å². The number of benzene rings is 1. The SMILES string of the molecule is Cc1c(C(=O)C(=O)NC2(/C(N)=C/N(C)N)CC2)c2n(c1C(=O)Nc1ccc(F)c(Cl)c1)CCC2. The summed E-state index contributed by atoms with van der Waals surface area (Å²) in [5, 5.41) is 6.62. The van der Waals surface area contributed by atoms with E-state index in [-0.39, 0.29) is 16.3 Å². The monoisotopic (exact) mass is 488 g/mol. The largest absolute Gasteiger partial charge is 0.399 e. The lowest BCUT2D eigenvalue weighted by Gasteiger charge is -2.19. The van der Waals surface area contributed by atoms with Gasteiger partial charge in [-0.2, -0.15) is 0 Å². The molecule has 2 aliphatic rings. The number of nitrogens with one attached hydrogen (secondary N) is 2. The highest BCUT2D eigenvalue weighted by molar-refractivity contribution is 6.44. The molecule has 0 atom stereocenters. The van der Waals surface area contributed by atoms with Gasteiger partial charge in [-0.25, -0.2) is 10.2 Å². The highest BCUT2D eigenvalue weighted by Gasteiger charge is 2.48. The molecule has 2 amide bonds. The van der Waals surface area contributed by atoms with E-state index in [0.29, 0.717) is 48.4 Å². The Bertz CT molecular complexity index is 1230. The number of fused-ring (bicyclic) bond motifs is 1. The number of nitrogens with two attached hydrogens (primary N) is 2. The van der Waals surface area contributed by atoms with Gasteiger partial charge in [0, 0.05) is 31.2 Å². The Kier molecular flexibility index (Phi) is 6.13. The Balaban J connectivity index is 1.60. The second kappa shape index (κ2) is 8.77. The second-order valence-corrected chi connectivity index (χ2v) is 9.16. The molecule has 9 nitrogen and oxygen atoms in total. The molecule has 2 heterocycles. The Hall–Kier alpha value is -3.37. The molecular formula is C23H26ClFN6O3. The Morgan fingerprint density at radius 1 is 1.29 bits per heavy atom. The van der Waals surface area contributed by atoms with Crippen molar-refractivity contribution in [1.29, 1.82) is 0 Å². The highest BCUT2D eigenvalue weighted by atomic mass is 35.5. The smallest absolute Gasteiger partial charge is 0.293 e. The summed E-state index contributed by atoms with van der Waals surface area (Å²) in [7, 11) is 1.61. The molecule has 1 aliphatic carbocycles. The zero-order chi connectivity index (χ0) is 24.8. The van der Waals surface area contributed by atoms with Crippen LogP contribution < -0.4 is 22.2 Å². The molecule has 0 radical (unpaired) electrons. The molecule has 0 bridgehead atoms. The molecule has 11 heteroatoms. The lowest BCUT2D eigenvalue weighted by Crippen LogP contribution is -2.45. The Morgan fingerprint density at radius 3 is 2.62 bits per heavy atom. The molecule has 4 rings (SSSR count). The minimum atomic E-state index is -0.792. The molecule has 0 spiro atoms. The van der Waals surface area contributed by atoms with Crippen LogP contribution in [-0.4, -0.2) is 39.8 Å². The summed E-state index contributed by atoms with van der Waals surface area (Å²) in [5.74, 6) is 3.05. The number of hydrogen-bond donors (Lipinski definition) is 4. The van der Waals surface area contributed by atoms with Gasteiger partial charge in [0.25, 0.3) is 17.6 Å². The van der Waals surface area contributed by atoms with Crippen molar-refractivity contribution in [3.63, 3.8) is 0 Å². The highest BCUT2D eigenvalue weighted by Crippen LogP contribution is 2.40. The van der Waals surface area contributed by atoms with Crippen LogP contribution in [0, 0.1) is 12.7 Å². The Morgan fingerprint density at radius 2 is 2.00 bits per heavy atom. The van der Waals surface area contributed by atoms with Gasteiger partial charge in [0.1, 0.15) is 11.5 Å². The number of anilines is 1. The lowest BCUT2D eigenvalue weighted by molar-refractivity contribution is -0.117. The van der Waals surface area contributed by atoms with Gasteiger partial charge in [-0.15, -0.1) is 0 Å². The number of ketones is 1. The molecule has 1 aliphatic heterocycles. The number of hydrazine groups is 1. The van der Waals surface area contributed by atoms with E-state index in [1.807, 2.05) is 0 Å². The fourth-order valence-corrected chi connectivity index (χ4v) is 4.60. The van der Waals surface area contributed by atoms with Crippen molar-refractivity contribution in [2.24, 2.45) is 11.6 Å². The van der Waals surface area contributed by atoms with Gasteiger partial charge in [-0.1, -0.05) is 11.6 Å². The average molecular weight is 489 g/mol. The predicted octanol–water partition coefficient (Wildman–Crippen LogP) is 2.22.